The number of amidine groups is 1. The molecule has 3 aromatic carbocycles. The summed E-state index contributed by atoms with van der Waals surface area (Å²) >= 11 is 0. The number of carbonyl (C=O) groups excluding carboxylic acids is 1. The molecule has 36 heavy (non-hydrogen) atoms. The molecule has 0 radical (unpaired) electrons. The number of benzene rings is 3. The molecule has 0 fully saturated rings. The van der Waals surface area contributed by atoms with Crippen LogP contribution in [0.4, 0.5) is 0 Å². The maximum absolute atomic E-state index is 13.2. The van der Waals surface area contributed by atoms with Crippen molar-refractivity contribution in [3.05, 3.63) is 95.1 Å². The number of carbonyl (C=O) groups is 1. The third-order valence-electron chi connectivity index (χ3n) is 6.21. The molecule has 2 atom stereocenters. The normalized spacial score (nSPS) is 19.3. The van der Waals surface area contributed by atoms with E-state index < -0.39 is 33.7 Å². The lowest BCUT2D eigenvalue weighted by atomic mass is 9.86. The molecule has 1 aliphatic heterocycles. The predicted octanol–water partition coefficient (Wildman–Crippen LogP) is 3.35. The van der Waals surface area contributed by atoms with E-state index in [2.05, 4.69) is 9.71 Å². The number of hydrogen-bond donors (Lipinski definition) is 3. The van der Waals surface area contributed by atoms with Crippen LogP contribution in [0.3, 0.4) is 0 Å². The summed E-state index contributed by atoms with van der Waals surface area (Å²) in [4.78, 5) is 17.0. The zero-order valence-electron chi connectivity index (χ0n) is 20.3. The SMILES string of the molecule is CCc1ccc(S(=O)(=O)N[C@@H]2c3cc(C(=O)N=C(N)c4ccccc4)ccc3OC(C)(C)[C@H]2O)cc1. The Morgan fingerprint density at radius 1 is 1.06 bits per heavy atom. The Hall–Kier alpha value is -3.53. The highest BCUT2D eigenvalue weighted by Gasteiger charge is 2.44. The number of fused-ring (bicyclic) bond motifs is 1. The second-order valence-corrected chi connectivity index (χ2v) is 10.9. The topological polar surface area (TPSA) is 131 Å². The molecule has 0 bridgehead atoms. The van der Waals surface area contributed by atoms with Crippen molar-refractivity contribution in [2.24, 2.45) is 10.7 Å². The maximum Gasteiger partial charge on any atom is 0.278 e. The molecule has 1 heterocycles. The summed E-state index contributed by atoms with van der Waals surface area (Å²) in [7, 11) is -4.00. The van der Waals surface area contributed by atoms with Crippen molar-refractivity contribution in [1.82, 2.24) is 4.72 Å². The van der Waals surface area contributed by atoms with Gasteiger partial charge in [0.1, 0.15) is 23.3 Å². The number of nitrogens with two attached hydrogens (primary N) is 1. The Bertz CT molecular complexity index is 1400. The first-order valence-corrected chi connectivity index (χ1v) is 13.1. The van der Waals surface area contributed by atoms with Crippen LogP contribution in [0.25, 0.3) is 0 Å². The molecular formula is C27H29N3O5S. The van der Waals surface area contributed by atoms with Gasteiger partial charge in [0.15, 0.2) is 0 Å². The van der Waals surface area contributed by atoms with E-state index in [0.717, 1.165) is 12.0 Å². The number of hydrogen-bond acceptors (Lipinski definition) is 5. The van der Waals surface area contributed by atoms with Crippen molar-refractivity contribution < 1.29 is 23.1 Å². The molecule has 1 amide bonds. The number of nitrogens with one attached hydrogen (secondary N) is 1. The number of aliphatic hydroxyl groups excluding tert-OH is 1. The Morgan fingerprint density at radius 2 is 1.72 bits per heavy atom. The molecule has 4 N–H and O–H groups in total. The molecule has 4 rings (SSSR count). The molecule has 188 valence electrons. The summed E-state index contributed by atoms with van der Waals surface area (Å²) in [5, 5.41) is 11.1. The fraction of sp³-hybridized carbons (Fsp3) is 0.259. The Kier molecular flexibility index (Phi) is 6.99. The van der Waals surface area contributed by atoms with Gasteiger partial charge in [-0.2, -0.15) is 4.99 Å². The van der Waals surface area contributed by atoms with Gasteiger partial charge in [-0.05, 0) is 56.2 Å². The summed E-state index contributed by atoms with van der Waals surface area (Å²) in [6.45, 7) is 5.32. The average Bonchev–Trinajstić information content (AvgIpc) is 2.87. The van der Waals surface area contributed by atoms with Gasteiger partial charge in [0.05, 0.1) is 10.9 Å². The van der Waals surface area contributed by atoms with Gasteiger partial charge in [0.25, 0.3) is 5.91 Å². The molecule has 1 aliphatic rings. The van der Waals surface area contributed by atoms with Crippen molar-refractivity contribution in [3.63, 3.8) is 0 Å². The number of amides is 1. The minimum absolute atomic E-state index is 0.0588. The van der Waals surface area contributed by atoms with E-state index in [9.17, 15) is 18.3 Å². The van der Waals surface area contributed by atoms with Crippen LogP contribution < -0.4 is 15.2 Å². The molecule has 0 unspecified atom stereocenters. The summed E-state index contributed by atoms with van der Waals surface area (Å²) in [5.41, 5.74) is 7.02. The molecule has 0 spiro atoms. The number of rotatable bonds is 6. The smallest absolute Gasteiger partial charge is 0.278 e. The fourth-order valence-corrected chi connectivity index (χ4v) is 5.27. The van der Waals surface area contributed by atoms with Crippen LogP contribution in [0.2, 0.25) is 0 Å². The Morgan fingerprint density at radius 3 is 2.36 bits per heavy atom. The van der Waals surface area contributed by atoms with Crippen LogP contribution in [0.1, 0.15) is 53.9 Å². The number of ether oxygens (including phenoxy) is 1. The fourth-order valence-electron chi connectivity index (χ4n) is 4.05. The van der Waals surface area contributed by atoms with Crippen molar-refractivity contribution in [2.45, 2.75) is 49.8 Å². The predicted molar refractivity (Wildman–Crippen MR) is 138 cm³/mol. The highest BCUT2D eigenvalue weighted by atomic mass is 32.2. The van der Waals surface area contributed by atoms with Crippen LogP contribution in [-0.2, 0) is 16.4 Å². The molecular weight excluding hydrogens is 478 g/mol. The van der Waals surface area contributed by atoms with Gasteiger partial charge < -0.3 is 15.6 Å². The van der Waals surface area contributed by atoms with Crippen molar-refractivity contribution in [2.75, 3.05) is 0 Å². The summed E-state index contributed by atoms with van der Waals surface area (Å²) in [6, 6.07) is 18.9. The van der Waals surface area contributed by atoms with Crippen LogP contribution in [0.5, 0.6) is 5.75 Å². The zero-order chi connectivity index (χ0) is 26.1. The summed E-state index contributed by atoms with van der Waals surface area (Å²) in [5.74, 6) is -0.186. The average molecular weight is 508 g/mol. The lowest BCUT2D eigenvalue weighted by Gasteiger charge is -2.42. The monoisotopic (exact) mass is 507 g/mol. The standard InChI is InChI=1S/C27H29N3O5S/c1-4-17-10-13-20(14-11-17)36(33,34)30-23-21-16-19(12-15-22(21)35-27(2,3)24(23)31)26(32)29-25(28)18-8-6-5-7-9-18/h5-16,23-24,30-31H,4H2,1-3H3,(H2,28,29,32)/t23-,24+/m1/s1. The molecule has 8 nitrogen and oxygen atoms in total. The molecule has 0 aliphatic carbocycles. The van der Waals surface area contributed by atoms with Crippen LogP contribution >= 0.6 is 0 Å². The van der Waals surface area contributed by atoms with Crippen LogP contribution in [-0.4, -0.2) is 37.0 Å². The van der Waals surface area contributed by atoms with Crippen LogP contribution in [0, 0.1) is 0 Å². The van der Waals surface area contributed by atoms with Crippen molar-refractivity contribution in [3.8, 4) is 5.75 Å². The zero-order valence-corrected chi connectivity index (χ0v) is 21.1. The van der Waals surface area contributed by atoms with Gasteiger partial charge in [0, 0.05) is 16.7 Å². The van der Waals surface area contributed by atoms with Gasteiger partial charge in [0.2, 0.25) is 10.0 Å². The van der Waals surface area contributed by atoms with Gasteiger partial charge in [-0.1, -0.05) is 49.4 Å². The second kappa shape index (κ2) is 9.85. The number of aliphatic imine (C=N–C) groups is 1. The summed E-state index contributed by atoms with van der Waals surface area (Å²) in [6.07, 6.45) is -0.458. The quantitative estimate of drug-likeness (QED) is 0.346. The minimum atomic E-state index is -4.00. The number of aryl methyl sites for hydroxylation is 1. The van der Waals surface area contributed by atoms with Gasteiger partial charge in [-0.3, -0.25) is 4.79 Å². The van der Waals surface area contributed by atoms with E-state index in [1.807, 2.05) is 13.0 Å². The van der Waals surface area contributed by atoms with E-state index in [1.54, 1.807) is 56.3 Å². The Balaban J connectivity index is 1.70. The first-order chi connectivity index (χ1) is 17.0. The van der Waals surface area contributed by atoms with E-state index in [4.69, 9.17) is 10.5 Å². The number of aliphatic hydroxyl groups is 1. The Labute approximate surface area is 210 Å². The number of nitrogens with zero attached hydrogens (tertiary/aromatic N) is 1. The summed E-state index contributed by atoms with van der Waals surface area (Å²) < 4.78 is 35.0. The first-order valence-electron chi connectivity index (χ1n) is 11.6. The molecule has 0 saturated heterocycles. The highest BCUT2D eigenvalue weighted by molar-refractivity contribution is 7.89. The van der Waals surface area contributed by atoms with Gasteiger partial charge in [-0.25, -0.2) is 13.1 Å². The first kappa shape index (κ1) is 25.6. The molecule has 0 aromatic heterocycles. The van der Waals surface area contributed by atoms with E-state index in [1.165, 1.54) is 24.3 Å². The van der Waals surface area contributed by atoms with Crippen molar-refractivity contribution >= 4 is 21.8 Å². The third kappa shape index (κ3) is 5.18. The molecule has 0 saturated carbocycles. The highest BCUT2D eigenvalue weighted by Crippen LogP contribution is 2.41. The second-order valence-electron chi connectivity index (χ2n) is 9.17. The lowest BCUT2D eigenvalue weighted by Crippen LogP contribution is -2.53. The van der Waals surface area contributed by atoms with E-state index in [-0.39, 0.29) is 16.3 Å². The van der Waals surface area contributed by atoms with Crippen LogP contribution in [0.15, 0.2) is 82.7 Å². The molecule has 9 heteroatoms. The largest absolute Gasteiger partial charge is 0.485 e. The minimum Gasteiger partial charge on any atom is -0.485 e. The number of sulfonamides is 1. The van der Waals surface area contributed by atoms with Gasteiger partial charge in [-0.15, -0.1) is 0 Å². The molecule has 3 aromatic rings. The van der Waals surface area contributed by atoms with Crippen molar-refractivity contribution in [1.29, 1.82) is 0 Å². The van der Waals surface area contributed by atoms with E-state index in [0.29, 0.717) is 16.9 Å². The van der Waals surface area contributed by atoms with Gasteiger partial charge >= 0.3 is 0 Å². The maximum atomic E-state index is 13.2. The van der Waals surface area contributed by atoms with E-state index >= 15 is 0 Å². The third-order valence-corrected chi connectivity index (χ3v) is 7.67. The lowest BCUT2D eigenvalue weighted by molar-refractivity contribution is -0.0603.